The number of nitrogen functional groups attached to an aromatic ring is 1. The topological polar surface area (TPSA) is 119 Å². The van der Waals surface area contributed by atoms with E-state index >= 15 is 0 Å². The van der Waals surface area contributed by atoms with E-state index in [0.717, 1.165) is 42.6 Å². The smallest absolute Gasteiger partial charge is 0.235 e. The van der Waals surface area contributed by atoms with Gasteiger partial charge in [0, 0.05) is 4.88 Å². The summed E-state index contributed by atoms with van der Waals surface area (Å²) < 4.78 is 7.17. The van der Waals surface area contributed by atoms with Gasteiger partial charge in [-0.25, -0.2) is 4.68 Å². The largest absolute Gasteiger partial charge is 0.485 e. The van der Waals surface area contributed by atoms with Crippen LogP contribution in [0.3, 0.4) is 0 Å². The number of hydrogen-bond donors (Lipinski definition) is 2. The molecule has 0 spiro atoms. The van der Waals surface area contributed by atoms with Crippen LogP contribution in [-0.2, 0) is 24.2 Å². The van der Waals surface area contributed by atoms with Gasteiger partial charge in [0.05, 0.1) is 11.3 Å². The minimum atomic E-state index is -0.205. The summed E-state index contributed by atoms with van der Waals surface area (Å²) in [5.41, 5.74) is 3.92. The zero-order valence-electron chi connectivity index (χ0n) is 18.7. The number of fused-ring (bicyclic) bond motifs is 1. The molecule has 3 N–H and O–H groups in total. The SMILES string of the molecule is Cc1ccc(OCc2nnc(SCC(=O)Nc3sc4c(c3C#N)CCCCC4)n2N)c(C)c1. The molecule has 0 radical (unpaired) electrons. The van der Waals surface area contributed by atoms with Gasteiger partial charge >= 0.3 is 0 Å². The fourth-order valence-corrected chi connectivity index (χ4v) is 5.78. The Morgan fingerprint density at radius 1 is 1.30 bits per heavy atom. The molecule has 10 heteroatoms. The second-order valence-electron chi connectivity index (χ2n) is 8.04. The van der Waals surface area contributed by atoms with Crippen molar-refractivity contribution in [2.75, 3.05) is 16.9 Å². The van der Waals surface area contributed by atoms with Gasteiger partial charge in [-0.05, 0) is 56.7 Å². The molecule has 0 atom stereocenters. The number of aromatic nitrogens is 3. The third kappa shape index (κ3) is 5.31. The highest BCUT2D eigenvalue weighted by Gasteiger charge is 2.21. The predicted molar refractivity (Wildman–Crippen MR) is 130 cm³/mol. The minimum absolute atomic E-state index is 0.112. The minimum Gasteiger partial charge on any atom is -0.485 e. The van der Waals surface area contributed by atoms with E-state index in [0.29, 0.717) is 21.5 Å². The highest BCUT2D eigenvalue weighted by Crippen LogP contribution is 2.37. The normalized spacial score (nSPS) is 13.1. The maximum absolute atomic E-state index is 12.6. The summed E-state index contributed by atoms with van der Waals surface area (Å²) >= 11 is 2.72. The molecular formula is C23H26N6O2S2. The zero-order valence-corrected chi connectivity index (χ0v) is 20.3. The van der Waals surface area contributed by atoms with Crippen molar-refractivity contribution in [2.45, 2.75) is 57.7 Å². The summed E-state index contributed by atoms with van der Waals surface area (Å²) in [6, 6.07) is 8.24. The van der Waals surface area contributed by atoms with Crippen LogP contribution in [0.5, 0.6) is 5.75 Å². The van der Waals surface area contributed by atoms with E-state index in [-0.39, 0.29) is 18.3 Å². The second-order valence-corrected chi connectivity index (χ2v) is 10.1. The molecule has 1 amide bonds. The average Bonchev–Trinajstić information content (AvgIpc) is 3.20. The maximum atomic E-state index is 12.6. The lowest BCUT2D eigenvalue weighted by Gasteiger charge is -2.09. The Kier molecular flexibility index (Phi) is 7.20. The van der Waals surface area contributed by atoms with E-state index in [2.05, 4.69) is 21.6 Å². The number of amides is 1. The van der Waals surface area contributed by atoms with Crippen molar-refractivity contribution in [3.05, 3.63) is 51.2 Å². The van der Waals surface area contributed by atoms with Crippen LogP contribution < -0.4 is 15.9 Å². The number of thioether (sulfide) groups is 1. The summed E-state index contributed by atoms with van der Waals surface area (Å²) in [7, 11) is 0. The Morgan fingerprint density at radius 2 is 2.12 bits per heavy atom. The molecule has 2 heterocycles. The zero-order chi connectivity index (χ0) is 23.4. The molecule has 0 unspecified atom stereocenters. The maximum Gasteiger partial charge on any atom is 0.235 e. The van der Waals surface area contributed by atoms with E-state index < -0.39 is 0 Å². The van der Waals surface area contributed by atoms with Gasteiger partial charge in [-0.1, -0.05) is 35.9 Å². The molecular weight excluding hydrogens is 456 g/mol. The third-order valence-corrected chi connectivity index (χ3v) is 7.69. The number of aryl methyl sites for hydroxylation is 3. The number of thiophene rings is 1. The first kappa shape index (κ1) is 23.1. The number of anilines is 1. The van der Waals surface area contributed by atoms with Crippen LogP contribution in [0.2, 0.25) is 0 Å². The fourth-order valence-electron chi connectivity index (χ4n) is 3.85. The molecule has 1 aliphatic carbocycles. The number of nitrogens with zero attached hydrogens (tertiary/aromatic N) is 4. The molecule has 0 saturated carbocycles. The Bertz CT molecular complexity index is 1210. The number of carbonyl (C=O) groups is 1. The quantitative estimate of drug-likeness (QED) is 0.295. The molecule has 3 aromatic rings. The van der Waals surface area contributed by atoms with Crippen LogP contribution in [0.15, 0.2) is 23.4 Å². The lowest BCUT2D eigenvalue weighted by Crippen LogP contribution is -2.18. The van der Waals surface area contributed by atoms with E-state index in [9.17, 15) is 10.1 Å². The molecule has 1 aliphatic rings. The molecule has 1 aromatic carbocycles. The molecule has 4 rings (SSSR count). The summed E-state index contributed by atoms with van der Waals surface area (Å²) in [6.45, 7) is 4.19. The first-order chi connectivity index (χ1) is 16.0. The van der Waals surface area contributed by atoms with Crippen LogP contribution in [0.1, 0.15) is 52.2 Å². The van der Waals surface area contributed by atoms with Crippen LogP contribution in [0.25, 0.3) is 0 Å². The molecule has 0 aliphatic heterocycles. The van der Waals surface area contributed by atoms with E-state index in [1.165, 1.54) is 44.6 Å². The number of rotatable bonds is 7. The van der Waals surface area contributed by atoms with Crippen molar-refractivity contribution in [2.24, 2.45) is 0 Å². The van der Waals surface area contributed by atoms with Gasteiger partial charge in [0.2, 0.25) is 11.1 Å². The van der Waals surface area contributed by atoms with Crippen molar-refractivity contribution >= 4 is 34.0 Å². The molecule has 0 bridgehead atoms. The Morgan fingerprint density at radius 3 is 2.91 bits per heavy atom. The number of nitrogens with two attached hydrogens (primary N) is 1. The summed E-state index contributed by atoms with van der Waals surface area (Å²) in [5.74, 6) is 7.25. The Balaban J connectivity index is 1.35. The van der Waals surface area contributed by atoms with Gasteiger partial charge in [-0.2, -0.15) is 5.26 Å². The highest BCUT2D eigenvalue weighted by atomic mass is 32.2. The number of benzene rings is 1. The molecule has 0 fully saturated rings. The number of ether oxygens (including phenoxy) is 1. The number of nitriles is 1. The summed E-state index contributed by atoms with van der Waals surface area (Å²) in [6.07, 6.45) is 5.28. The van der Waals surface area contributed by atoms with Crippen LogP contribution in [0, 0.1) is 25.2 Å². The number of hydrogen-bond acceptors (Lipinski definition) is 8. The molecule has 8 nitrogen and oxygen atoms in total. The predicted octanol–water partition coefficient (Wildman–Crippen LogP) is 4.12. The van der Waals surface area contributed by atoms with Gasteiger partial charge in [-0.3, -0.25) is 4.79 Å². The molecule has 2 aromatic heterocycles. The van der Waals surface area contributed by atoms with Crippen molar-refractivity contribution in [1.29, 1.82) is 5.26 Å². The molecule has 172 valence electrons. The fraction of sp³-hybridized carbons (Fsp3) is 0.391. The number of carbonyl (C=O) groups excluding carboxylic acids is 1. The Labute approximate surface area is 201 Å². The van der Waals surface area contributed by atoms with Crippen molar-refractivity contribution < 1.29 is 9.53 Å². The van der Waals surface area contributed by atoms with Gasteiger partial charge in [-0.15, -0.1) is 21.5 Å². The van der Waals surface area contributed by atoms with Crippen molar-refractivity contribution in [3.63, 3.8) is 0 Å². The van der Waals surface area contributed by atoms with Crippen LogP contribution in [-0.4, -0.2) is 26.5 Å². The van der Waals surface area contributed by atoms with Crippen molar-refractivity contribution in [1.82, 2.24) is 14.9 Å². The van der Waals surface area contributed by atoms with Crippen LogP contribution >= 0.6 is 23.1 Å². The molecule has 33 heavy (non-hydrogen) atoms. The lowest BCUT2D eigenvalue weighted by atomic mass is 10.1. The summed E-state index contributed by atoms with van der Waals surface area (Å²) in [5, 5.41) is 21.8. The monoisotopic (exact) mass is 482 g/mol. The summed E-state index contributed by atoms with van der Waals surface area (Å²) in [4.78, 5) is 13.8. The average molecular weight is 483 g/mol. The first-order valence-electron chi connectivity index (χ1n) is 10.8. The Hall–Kier alpha value is -3.03. The van der Waals surface area contributed by atoms with Gasteiger partial charge in [0.15, 0.2) is 5.82 Å². The van der Waals surface area contributed by atoms with Gasteiger partial charge in [0.1, 0.15) is 23.4 Å². The second kappa shape index (κ2) is 10.3. The third-order valence-electron chi connectivity index (χ3n) is 5.54. The van der Waals surface area contributed by atoms with Crippen molar-refractivity contribution in [3.8, 4) is 11.8 Å². The first-order valence-corrected chi connectivity index (χ1v) is 12.6. The lowest BCUT2D eigenvalue weighted by molar-refractivity contribution is -0.113. The van der Waals surface area contributed by atoms with Gasteiger partial charge < -0.3 is 15.9 Å². The highest BCUT2D eigenvalue weighted by molar-refractivity contribution is 7.99. The van der Waals surface area contributed by atoms with E-state index in [4.69, 9.17) is 10.6 Å². The van der Waals surface area contributed by atoms with Gasteiger partial charge in [0.25, 0.3) is 0 Å². The standard InChI is InChI=1S/C23H26N6O2S2/c1-14-8-9-18(15(2)10-14)31-12-20-27-28-23(29(20)25)32-13-21(30)26-22-17(11-24)16-6-4-3-5-7-19(16)33-22/h8-10H,3-7,12-13,25H2,1-2H3,(H,26,30). The van der Waals surface area contributed by atoms with E-state index in [1.54, 1.807) is 0 Å². The number of nitrogens with one attached hydrogen (secondary N) is 1. The van der Waals surface area contributed by atoms with Crippen LogP contribution in [0.4, 0.5) is 5.00 Å². The van der Waals surface area contributed by atoms with E-state index in [1.807, 2.05) is 32.0 Å². The molecule has 0 saturated heterocycles.